The van der Waals surface area contributed by atoms with E-state index in [0.29, 0.717) is 18.5 Å². The van der Waals surface area contributed by atoms with Gasteiger partial charge >= 0.3 is 5.97 Å². The lowest BCUT2D eigenvalue weighted by Crippen LogP contribution is -2.37. The van der Waals surface area contributed by atoms with Gasteiger partial charge in [0, 0.05) is 5.69 Å². The van der Waals surface area contributed by atoms with Gasteiger partial charge in [0.2, 0.25) is 11.8 Å². The predicted molar refractivity (Wildman–Crippen MR) is 92.9 cm³/mol. The Morgan fingerprint density at radius 2 is 1.73 bits per heavy atom. The molecule has 1 aliphatic heterocycles. The minimum atomic E-state index is -0.759. The zero-order chi connectivity index (χ0) is 18.7. The molecule has 1 aromatic carbocycles. The van der Waals surface area contributed by atoms with Gasteiger partial charge in [-0.1, -0.05) is 31.0 Å². The molecule has 1 aromatic rings. The third kappa shape index (κ3) is 3.76. The number of benzene rings is 1. The number of likely N-dealkylation sites (tertiary alicyclic amines) is 1. The average molecular weight is 358 g/mol. The summed E-state index contributed by atoms with van der Waals surface area (Å²) in [5.41, 5.74) is 1.53. The van der Waals surface area contributed by atoms with Crippen LogP contribution >= 0.6 is 0 Å². The highest BCUT2D eigenvalue weighted by Crippen LogP contribution is 2.37. The second-order valence-electron chi connectivity index (χ2n) is 6.78. The molecule has 0 aromatic heterocycles. The fourth-order valence-corrected chi connectivity index (χ4v) is 3.61. The van der Waals surface area contributed by atoms with E-state index >= 15 is 0 Å². The van der Waals surface area contributed by atoms with Gasteiger partial charge < -0.3 is 10.1 Å². The number of nitrogens with one attached hydrogen (secondary N) is 1. The second kappa shape index (κ2) is 7.68. The summed E-state index contributed by atoms with van der Waals surface area (Å²) < 4.78 is 4.93. The van der Waals surface area contributed by atoms with Gasteiger partial charge in [-0.2, -0.15) is 0 Å². The van der Waals surface area contributed by atoms with Crippen molar-refractivity contribution in [3.8, 4) is 0 Å². The standard InChI is InChI=1S/C19H22N2O5/c1-12-6-2-5-9-15(12)20-16(22)11-26-17(23)10-21-18(24)13-7-3-4-8-14(13)19(21)25/h2,5-6,9,13-14H,3-4,7-8,10-11H2,1H3,(H,20,22)/t13-,14-/m0/s1. The quantitative estimate of drug-likeness (QED) is 0.638. The van der Waals surface area contributed by atoms with Crippen molar-refractivity contribution in [3.05, 3.63) is 29.8 Å². The molecule has 1 heterocycles. The molecule has 2 aliphatic rings. The van der Waals surface area contributed by atoms with E-state index in [2.05, 4.69) is 5.32 Å². The van der Waals surface area contributed by atoms with E-state index in [-0.39, 0.29) is 23.7 Å². The topological polar surface area (TPSA) is 92.8 Å². The molecule has 1 aliphatic carbocycles. The van der Waals surface area contributed by atoms with Crippen molar-refractivity contribution in [1.29, 1.82) is 0 Å². The number of esters is 1. The lowest BCUT2D eigenvalue weighted by molar-refractivity contribution is -0.154. The number of nitrogens with zero attached hydrogens (tertiary/aromatic N) is 1. The van der Waals surface area contributed by atoms with E-state index < -0.39 is 25.0 Å². The number of amides is 3. The Hall–Kier alpha value is -2.70. The Labute approximate surface area is 151 Å². The molecular formula is C19H22N2O5. The van der Waals surface area contributed by atoms with Crippen LogP contribution in [-0.4, -0.2) is 41.7 Å². The molecule has 1 saturated carbocycles. The van der Waals surface area contributed by atoms with Crippen LogP contribution in [-0.2, 0) is 23.9 Å². The van der Waals surface area contributed by atoms with E-state index in [1.165, 1.54) is 0 Å². The molecule has 2 fully saturated rings. The normalized spacial score (nSPS) is 22.1. The monoisotopic (exact) mass is 358 g/mol. The van der Waals surface area contributed by atoms with Crippen LogP contribution < -0.4 is 5.32 Å². The second-order valence-corrected chi connectivity index (χ2v) is 6.78. The van der Waals surface area contributed by atoms with Gasteiger partial charge in [0.05, 0.1) is 11.8 Å². The van der Waals surface area contributed by atoms with E-state index in [0.717, 1.165) is 23.3 Å². The molecule has 0 radical (unpaired) electrons. The Kier molecular flexibility index (Phi) is 5.35. The lowest BCUT2D eigenvalue weighted by atomic mass is 9.81. The first-order valence-corrected chi connectivity index (χ1v) is 8.83. The summed E-state index contributed by atoms with van der Waals surface area (Å²) in [6.07, 6.45) is 3.24. The summed E-state index contributed by atoms with van der Waals surface area (Å²) in [7, 11) is 0. The minimum absolute atomic E-state index is 0.291. The molecule has 7 nitrogen and oxygen atoms in total. The van der Waals surface area contributed by atoms with Gasteiger partial charge in [-0.3, -0.25) is 24.1 Å². The van der Waals surface area contributed by atoms with Gasteiger partial charge in [0.15, 0.2) is 6.61 Å². The summed E-state index contributed by atoms with van der Waals surface area (Å²) in [6.45, 7) is 0.963. The summed E-state index contributed by atoms with van der Waals surface area (Å²) in [5.74, 6) is -2.41. The average Bonchev–Trinajstić information content (AvgIpc) is 2.87. The van der Waals surface area contributed by atoms with Crippen molar-refractivity contribution in [2.45, 2.75) is 32.6 Å². The number of para-hydroxylation sites is 1. The summed E-state index contributed by atoms with van der Waals surface area (Å²) in [4.78, 5) is 49.5. The summed E-state index contributed by atoms with van der Waals surface area (Å²) in [5, 5.41) is 2.65. The van der Waals surface area contributed by atoms with Crippen LogP contribution in [0.2, 0.25) is 0 Å². The summed E-state index contributed by atoms with van der Waals surface area (Å²) >= 11 is 0. The molecule has 1 N–H and O–H groups in total. The number of anilines is 1. The number of carbonyl (C=O) groups excluding carboxylic acids is 4. The number of imide groups is 1. The fourth-order valence-electron chi connectivity index (χ4n) is 3.61. The van der Waals surface area contributed by atoms with Gasteiger partial charge in [0.1, 0.15) is 6.54 Å². The first kappa shape index (κ1) is 18.1. The molecule has 0 unspecified atom stereocenters. The zero-order valence-electron chi connectivity index (χ0n) is 14.7. The number of fused-ring (bicyclic) bond motifs is 1. The highest BCUT2D eigenvalue weighted by atomic mass is 16.5. The van der Waals surface area contributed by atoms with E-state index in [4.69, 9.17) is 4.74 Å². The van der Waals surface area contributed by atoms with Crippen LogP contribution in [0.15, 0.2) is 24.3 Å². The third-order valence-electron chi connectivity index (χ3n) is 5.00. The fraction of sp³-hybridized carbons (Fsp3) is 0.474. The van der Waals surface area contributed by atoms with Gasteiger partial charge in [-0.05, 0) is 31.4 Å². The Bertz CT molecular complexity index is 721. The lowest BCUT2D eigenvalue weighted by Gasteiger charge is -2.19. The molecule has 0 spiro atoms. The first-order chi connectivity index (χ1) is 12.5. The van der Waals surface area contributed by atoms with E-state index in [1.54, 1.807) is 12.1 Å². The maximum Gasteiger partial charge on any atom is 0.326 e. The van der Waals surface area contributed by atoms with Crippen molar-refractivity contribution in [2.75, 3.05) is 18.5 Å². The van der Waals surface area contributed by atoms with Crippen LogP contribution in [0.5, 0.6) is 0 Å². The third-order valence-corrected chi connectivity index (χ3v) is 5.00. The molecule has 3 amide bonds. The van der Waals surface area contributed by atoms with Crippen molar-refractivity contribution in [1.82, 2.24) is 4.90 Å². The molecule has 26 heavy (non-hydrogen) atoms. The molecule has 0 bridgehead atoms. The van der Waals surface area contributed by atoms with Gasteiger partial charge in [0.25, 0.3) is 5.91 Å². The van der Waals surface area contributed by atoms with Crippen molar-refractivity contribution >= 4 is 29.4 Å². The summed E-state index contributed by atoms with van der Waals surface area (Å²) in [6, 6.07) is 7.25. The largest absolute Gasteiger partial charge is 0.454 e. The predicted octanol–water partition coefficient (Wildman–Crippen LogP) is 1.65. The SMILES string of the molecule is Cc1ccccc1NC(=O)COC(=O)CN1C(=O)[C@H]2CCCC[C@@H]2C1=O. The Morgan fingerprint density at radius 3 is 2.35 bits per heavy atom. The number of hydrogen-bond acceptors (Lipinski definition) is 5. The maximum absolute atomic E-state index is 12.3. The van der Waals surface area contributed by atoms with Crippen molar-refractivity contribution in [3.63, 3.8) is 0 Å². The number of rotatable bonds is 5. The highest BCUT2D eigenvalue weighted by molar-refractivity contribution is 6.07. The van der Waals surface area contributed by atoms with Crippen LogP contribution in [0, 0.1) is 18.8 Å². The number of aryl methyl sites for hydroxylation is 1. The van der Waals surface area contributed by atoms with E-state index in [9.17, 15) is 19.2 Å². The smallest absolute Gasteiger partial charge is 0.326 e. The number of ether oxygens (including phenoxy) is 1. The number of carbonyl (C=O) groups is 4. The van der Waals surface area contributed by atoms with Crippen molar-refractivity contribution < 1.29 is 23.9 Å². The Balaban J connectivity index is 1.50. The Morgan fingerprint density at radius 1 is 1.12 bits per heavy atom. The molecule has 138 valence electrons. The molecule has 3 rings (SSSR count). The highest BCUT2D eigenvalue weighted by Gasteiger charge is 2.48. The van der Waals surface area contributed by atoms with Gasteiger partial charge in [-0.25, -0.2) is 0 Å². The molecule has 7 heteroatoms. The molecule has 1 saturated heterocycles. The van der Waals surface area contributed by atoms with Crippen LogP contribution in [0.25, 0.3) is 0 Å². The first-order valence-electron chi connectivity index (χ1n) is 8.83. The maximum atomic E-state index is 12.3. The van der Waals surface area contributed by atoms with Crippen molar-refractivity contribution in [2.24, 2.45) is 11.8 Å². The molecular weight excluding hydrogens is 336 g/mol. The van der Waals surface area contributed by atoms with Crippen LogP contribution in [0.3, 0.4) is 0 Å². The van der Waals surface area contributed by atoms with Crippen LogP contribution in [0.4, 0.5) is 5.69 Å². The van der Waals surface area contributed by atoms with E-state index in [1.807, 2.05) is 19.1 Å². The molecule has 2 atom stereocenters. The number of hydrogen-bond donors (Lipinski definition) is 1. The van der Waals surface area contributed by atoms with Gasteiger partial charge in [-0.15, -0.1) is 0 Å². The van der Waals surface area contributed by atoms with Crippen LogP contribution in [0.1, 0.15) is 31.2 Å². The zero-order valence-corrected chi connectivity index (χ0v) is 14.7. The minimum Gasteiger partial charge on any atom is -0.454 e.